The average Bonchev–Trinajstić information content (AvgIpc) is 2.78. The van der Waals surface area contributed by atoms with Gasteiger partial charge in [-0.3, -0.25) is 9.59 Å². The van der Waals surface area contributed by atoms with Crippen LogP contribution in [0.25, 0.3) is 0 Å². The second-order valence-corrected chi connectivity index (χ2v) is 9.55. The van der Waals surface area contributed by atoms with Crippen molar-refractivity contribution in [3.05, 3.63) is 35.9 Å². The van der Waals surface area contributed by atoms with Gasteiger partial charge in [-0.15, -0.1) is 0 Å². The minimum atomic E-state index is -1.39. The average molecular weight is 493 g/mol. The molecule has 35 heavy (non-hydrogen) atoms. The summed E-state index contributed by atoms with van der Waals surface area (Å²) in [5.74, 6) is -2.82. The van der Waals surface area contributed by atoms with E-state index in [0.717, 1.165) is 37.7 Å². The van der Waals surface area contributed by atoms with Crippen molar-refractivity contribution in [2.75, 3.05) is 6.61 Å². The Balaban J connectivity index is 2.00. The van der Waals surface area contributed by atoms with Gasteiger partial charge >= 0.3 is 18.0 Å². The van der Waals surface area contributed by atoms with Crippen molar-refractivity contribution in [2.24, 2.45) is 0 Å². The molecule has 0 heterocycles. The highest BCUT2D eigenvalue weighted by Crippen LogP contribution is 2.21. The van der Waals surface area contributed by atoms with Crippen molar-refractivity contribution in [3.8, 4) is 0 Å². The standard InChI is InChI=1S/C25H36N2O8/c1-25(2,3)35-24(32)27-19(14-21(28)34-18-12-8-5-9-13-18)22(29)26-20(23(30)31)16-33-15-17-10-6-4-7-11-17/h4,6-7,10-11,18-20H,5,8-9,12-16H2,1-3H3,(H,26,29)(H,27,32)(H,30,31)/t19-,20-/m0/s1. The fraction of sp³-hybridized carbons (Fsp3) is 0.600. The molecule has 2 rings (SSSR count). The minimum absolute atomic E-state index is 0.161. The van der Waals surface area contributed by atoms with Crippen LogP contribution in [0.15, 0.2) is 30.3 Å². The number of alkyl carbamates (subject to hydrolysis) is 1. The lowest BCUT2D eigenvalue weighted by Crippen LogP contribution is -2.54. The number of hydrogen-bond donors (Lipinski definition) is 3. The lowest BCUT2D eigenvalue weighted by Gasteiger charge is -2.25. The molecule has 0 unspecified atom stereocenters. The number of benzene rings is 1. The fourth-order valence-corrected chi connectivity index (χ4v) is 3.56. The minimum Gasteiger partial charge on any atom is -0.480 e. The number of hydrogen-bond acceptors (Lipinski definition) is 7. The maximum atomic E-state index is 12.9. The number of esters is 1. The number of carbonyl (C=O) groups excluding carboxylic acids is 3. The van der Waals surface area contributed by atoms with E-state index < -0.39 is 48.0 Å². The summed E-state index contributed by atoms with van der Waals surface area (Å²) < 4.78 is 16.1. The van der Waals surface area contributed by atoms with Crippen LogP contribution < -0.4 is 10.6 Å². The summed E-state index contributed by atoms with van der Waals surface area (Å²) in [6.07, 6.45) is 2.92. The third-order valence-electron chi connectivity index (χ3n) is 5.24. The molecule has 1 aromatic carbocycles. The highest BCUT2D eigenvalue weighted by molar-refractivity contribution is 5.92. The molecule has 1 aliphatic rings. The number of carboxylic acids is 1. The van der Waals surface area contributed by atoms with Crippen molar-refractivity contribution < 1.29 is 38.5 Å². The van der Waals surface area contributed by atoms with Gasteiger partial charge in [-0.1, -0.05) is 36.8 Å². The van der Waals surface area contributed by atoms with Gasteiger partial charge in [-0.25, -0.2) is 9.59 Å². The molecule has 3 N–H and O–H groups in total. The highest BCUT2D eigenvalue weighted by Gasteiger charge is 2.31. The van der Waals surface area contributed by atoms with Crippen molar-refractivity contribution in [3.63, 3.8) is 0 Å². The van der Waals surface area contributed by atoms with Crippen LogP contribution in [0.5, 0.6) is 0 Å². The summed E-state index contributed by atoms with van der Waals surface area (Å²) in [5.41, 5.74) is 0.0145. The Hall–Kier alpha value is -3.14. The van der Waals surface area contributed by atoms with Gasteiger partial charge in [0.05, 0.1) is 19.6 Å². The smallest absolute Gasteiger partial charge is 0.408 e. The Kier molecular flexibility index (Phi) is 11.0. The summed E-state index contributed by atoms with van der Waals surface area (Å²) in [4.78, 5) is 49.4. The molecule has 1 aromatic rings. The third kappa shape index (κ3) is 11.2. The monoisotopic (exact) mass is 492 g/mol. The number of nitrogens with one attached hydrogen (secondary N) is 2. The lowest BCUT2D eigenvalue weighted by atomic mass is 9.98. The molecule has 10 nitrogen and oxygen atoms in total. The Labute approximate surface area is 205 Å². The number of ether oxygens (including phenoxy) is 3. The van der Waals surface area contributed by atoms with Crippen molar-refractivity contribution in [2.45, 2.75) is 89.7 Å². The quantitative estimate of drug-likeness (QED) is 0.401. The molecule has 0 radical (unpaired) electrons. The molecular weight excluding hydrogens is 456 g/mol. The molecular formula is C25H36N2O8. The van der Waals surface area contributed by atoms with E-state index in [0.29, 0.717) is 0 Å². The zero-order valence-electron chi connectivity index (χ0n) is 20.6. The van der Waals surface area contributed by atoms with Crippen LogP contribution in [0.2, 0.25) is 0 Å². The molecule has 2 atom stereocenters. The summed E-state index contributed by atoms with van der Waals surface area (Å²) in [5, 5.41) is 14.2. The molecule has 0 aromatic heterocycles. The molecule has 0 saturated heterocycles. The summed E-state index contributed by atoms with van der Waals surface area (Å²) in [7, 11) is 0. The van der Waals surface area contributed by atoms with Gasteiger partial charge < -0.3 is 30.0 Å². The highest BCUT2D eigenvalue weighted by atomic mass is 16.6. The zero-order chi connectivity index (χ0) is 25.8. The topological polar surface area (TPSA) is 140 Å². The second-order valence-electron chi connectivity index (χ2n) is 9.55. The summed E-state index contributed by atoms with van der Waals surface area (Å²) in [6.45, 7) is 4.83. The molecule has 2 amide bonds. The molecule has 194 valence electrons. The predicted octanol–water partition coefficient (Wildman–Crippen LogP) is 2.93. The number of carbonyl (C=O) groups is 4. The predicted molar refractivity (Wildman–Crippen MR) is 126 cm³/mol. The first kappa shape index (κ1) is 28.1. The van der Waals surface area contributed by atoms with E-state index in [1.54, 1.807) is 20.8 Å². The van der Waals surface area contributed by atoms with Crippen LogP contribution in [0, 0.1) is 0 Å². The molecule has 0 bridgehead atoms. The number of amides is 2. The number of carboxylic acid groups (broad SMARTS) is 1. The maximum Gasteiger partial charge on any atom is 0.408 e. The molecule has 0 spiro atoms. The van der Waals surface area contributed by atoms with Crippen molar-refractivity contribution >= 4 is 23.9 Å². The van der Waals surface area contributed by atoms with E-state index in [-0.39, 0.29) is 19.3 Å². The van der Waals surface area contributed by atoms with Gasteiger partial charge in [-0.2, -0.15) is 0 Å². The van der Waals surface area contributed by atoms with Gasteiger partial charge in [0.15, 0.2) is 6.04 Å². The Morgan fingerprint density at radius 1 is 1.00 bits per heavy atom. The van der Waals surface area contributed by atoms with Crippen molar-refractivity contribution in [1.82, 2.24) is 10.6 Å². The maximum absolute atomic E-state index is 12.9. The van der Waals surface area contributed by atoms with Crippen LogP contribution in [0.3, 0.4) is 0 Å². The fourth-order valence-electron chi connectivity index (χ4n) is 3.56. The van der Waals surface area contributed by atoms with Crippen LogP contribution in [-0.2, 0) is 35.2 Å². The van der Waals surface area contributed by atoms with E-state index in [1.165, 1.54) is 0 Å². The van der Waals surface area contributed by atoms with E-state index in [4.69, 9.17) is 14.2 Å². The third-order valence-corrected chi connectivity index (χ3v) is 5.24. The first-order chi connectivity index (χ1) is 16.5. The van der Waals surface area contributed by atoms with Crippen LogP contribution in [-0.4, -0.2) is 59.4 Å². The zero-order valence-corrected chi connectivity index (χ0v) is 20.6. The molecule has 1 saturated carbocycles. The van der Waals surface area contributed by atoms with Gasteiger partial charge in [0, 0.05) is 0 Å². The normalized spacial score (nSPS) is 16.0. The Morgan fingerprint density at radius 3 is 2.26 bits per heavy atom. The van der Waals surface area contributed by atoms with Crippen LogP contribution >= 0.6 is 0 Å². The van der Waals surface area contributed by atoms with E-state index in [2.05, 4.69) is 10.6 Å². The SMILES string of the molecule is CC(C)(C)OC(=O)N[C@@H](CC(=O)OC1CCCCC1)C(=O)N[C@@H](COCc1ccccc1)C(=O)O. The molecule has 0 aliphatic heterocycles. The lowest BCUT2D eigenvalue weighted by molar-refractivity contribution is -0.152. The van der Waals surface area contributed by atoms with Gasteiger partial charge in [0.25, 0.3) is 0 Å². The summed E-state index contributed by atoms with van der Waals surface area (Å²) in [6, 6.07) is 6.39. The first-order valence-electron chi connectivity index (χ1n) is 11.9. The van der Waals surface area contributed by atoms with E-state index >= 15 is 0 Å². The Morgan fingerprint density at radius 2 is 1.66 bits per heavy atom. The Bertz CT molecular complexity index is 847. The van der Waals surface area contributed by atoms with E-state index in [1.807, 2.05) is 30.3 Å². The van der Waals surface area contributed by atoms with Crippen molar-refractivity contribution in [1.29, 1.82) is 0 Å². The van der Waals surface area contributed by atoms with E-state index in [9.17, 15) is 24.3 Å². The molecule has 1 aliphatic carbocycles. The largest absolute Gasteiger partial charge is 0.480 e. The van der Waals surface area contributed by atoms with Crippen LogP contribution in [0.4, 0.5) is 4.79 Å². The number of rotatable bonds is 11. The van der Waals surface area contributed by atoms with Gasteiger partial charge in [-0.05, 0) is 52.0 Å². The first-order valence-corrected chi connectivity index (χ1v) is 11.9. The van der Waals surface area contributed by atoms with Crippen LogP contribution in [0.1, 0.15) is 64.9 Å². The summed E-state index contributed by atoms with van der Waals surface area (Å²) >= 11 is 0. The number of aliphatic carboxylic acids is 1. The van der Waals surface area contributed by atoms with Gasteiger partial charge in [0.2, 0.25) is 5.91 Å². The van der Waals surface area contributed by atoms with Gasteiger partial charge in [0.1, 0.15) is 17.7 Å². The molecule has 1 fully saturated rings. The second kappa shape index (κ2) is 13.7. The molecule has 10 heteroatoms.